The van der Waals surface area contributed by atoms with E-state index in [9.17, 15) is 9.59 Å². The second kappa shape index (κ2) is 10.4. The van der Waals surface area contributed by atoms with E-state index in [0.29, 0.717) is 25.1 Å². The molecule has 0 aromatic heterocycles. The van der Waals surface area contributed by atoms with Crippen LogP contribution in [-0.4, -0.2) is 50.1 Å². The van der Waals surface area contributed by atoms with E-state index >= 15 is 0 Å². The summed E-state index contributed by atoms with van der Waals surface area (Å²) in [5.41, 5.74) is 4.48. The van der Waals surface area contributed by atoms with E-state index in [-0.39, 0.29) is 17.9 Å². The number of nitrogens with one attached hydrogen (secondary N) is 1. The maximum atomic E-state index is 13.5. The lowest BCUT2D eigenvalue weighted by molar-refractivity contribution is -0.115. The number of hydrogen-bond acceptors (Lipinski definition) is 4. The molecule has 1 N–H and O–H groups in total. The van der Waals surface area contributed by atoms with Crippen molar-refractivity contribution >= 4 is 23.2 Å². The molecule has 6 heteroatoms. The number of ether oxygens (including phenoxy) is 1. The average Bonchev–Trinajstić information content (AvgIpc) is 3.25. The van der Waals surface area contributed by atoms with Crippen LogP contribution in [0, 0.1) is 6.92 Å². The number of aryl methyl sites for hydroxylation is 1. The monoisotopic (exact) mass is 423 g/mol. The predicted molar refractivity (Wildman–Crippen MR) is 125 cm³/mol. The molecule has 1 aliphatic rings. The molecule has 0 spiro atoms. The van der Waals surface area contributed by atoms with Crippen molar-refractivity contribution in [2.45, 2.75) is 45.8 Å². The fourth-order valence-corrected chi connectivity index (χ4v) is 3.90. The lowest BCUT2D eigenvalue weighted by Gasteiger charge is -2.28. The molecule has 0 aliphatic carbocycles. The fraction of sp³-hybridized carbons (Fsp3) is 0.440. The zero-order chi connectivity index (χ0) is 22.4. The van der Waals surface area contributed by atoms with Gasteiger partial charge in [-0.3, -0.25) is 9.59 Å². The first kappa shape index (κ1) is 22.8. The second-order valence-electron chi connectivity index (χ2n) is 8.33. The van der Waals surface area contributed by atoms with Crippen LogP contribution in [0.1, 0.15) is 47.7 Å². The quantitative estimate of drug-likeness (QED) is 0.690. The highest BCUT2D eigenvalue weighted by atomic mass is 16.5. The van der Waals surface area contributed by atoms with E-state index in [2.05, 4.69) is 5.32 Å². The average molecular weight is 424 g/mol. The Balaban J connectivity index is 1.92. The van der Waals surface area contributed by atoms with Gasteiger partial charge in [0.15, 0.2) is 0 Å². The molecule has 0 bridgehead atoms. The molecule has 166 valence electrons. The first-order chi connectivity index (χ1) is 14.9. The minimum atomic E-state index is -0.0319. The van der Waals surface area contributed by atoms with Crippen LogP contribution in [0.3, 0.4) is 0 Å². The first-order valence-corrected chi connectivity index (χ1v) is 10.9. The van der Waals surface area contributed by atoms with Crippen LogP contribution in [0.15, 0.2) is 42.5 Å². The van der Waals surface area contributed by atoms with Gasteiger partial charge in [0.1, 0.15) is 0 Å². The molecule has 0 radical (unpaired) electrons. The number of benzene rings is 2. The molecular formula is C25H33N3O3. The molecule has 0 saturated carbocycles. The van der Waals surface area contributed by atoms with Crippen LogP contribution < -0.4 is 10.2 Å². The van der Waals surface area contributed by atoms with E-state index in [4.69, 9.17) is 4.74 Å². The summed E-state index contributed by atoms with van der Waals surface area (Å²) >= 11 is 0. The molecule has 2 aromatic carbocycles. The zero-order valence-corrected chi connectivity index (χ0v) is 19.0. The van der Waals surface area contributed by atoms with Gasteiger partial charge >= 0.3 is 0 Å². The minimum absolute atomic E-state index is 0.00750. The van der Waals surface area contributed by atoms with Crippen molar-refractivity contribution in [3.05, 3.63) is 59.2 Å². The Morgan fingerprint density at radius 1 is 1.16 bits per heavy atom. The molecule has 1 fully saturated rings. The lowest BCUT2D eigenvalue weighted by Crippen LogP contribution is -2.37. The van der Waals surface area contributed by atoms with Gasteiger partial charge < -0.3 is 19.9 Å². The van der Waals surface area contributed by atoms with Crippen molar-refractivity contribution in [3.63, 3.8) is 0 Å². The Bertz CT molecular complexity index is 920. The lowest BCUT2D eigenvalue weighted by atomic mass is 10.1. The molecule has 6 nitrogen and oxygen atoms in total. The molecule has 1 heterocycles. The maximum absolute atomic E-state index is 13.5. The zero-order valence-electron chi connectivity index (χ0n) is 19.0. The summed E-state index contributed by atoms with van der Waals surface area (Å²) in [4.78, 5) is 29.3. The van der Waals surface area contributed by atoms with Crippen molar-refractivity contribution in [1.29, 1.82) is 0 Å². The van der Waals surface area contributed by atoms with Crippen LogP contribution in [0.5, 0.6) is 0 Å². The molecule has 1 unspecified atom stereocenters. The van der Waals surface area contributed by atoms with Crippen LogP contribution in [0.25, 0.3) is 0 Å². The molecule has 1 atom stereocenters. The molecule has 1 saturated heterocycles. The summed E-state index contributed by atoms with van der Waals surface area (Å²) in [6.07, 6.45) is 2.46. The Kier molecular flexibility index (Phi) is 7.69. The van der Waals surface area contributed by atoms with Crippen molar-refractivity contribution < 1.29 is 14.3 Å². The van der Waals surface area contributed by atoms with Crippen LogP contribution >= 0.6 is 0 Å². The highest BCUT2D eigenvalue weighted by molar-refractivity contribution is 5.94. The summed E-state index contributed by atoms with van der Waals surface area (Å²) in [6.45, 7) is 5.55. The van der Waals surface area contributed by atoms with Crippen molar-refractivity contribution in [2.24, 2.45) is 0 Å². The van der Waals surface area contributed by atoms with E-state index in [1.807, 2.05) is 80.2 Å². The van der Waals surface area contributed by atoms with E-state index < -0.39 is 0 Å². The summed E-state index contributed by atoms with van der Waals surface area (Å²) < 4.78 is 5.84. The van der Waals surface area contributed by atoms with Crippen LogP contribution in [-0.2, 0) is 16.1 Å². The number of rotatable bonds is 8. The predicted octanol–water partition coefficient (Wildman–Crippen LogP) is 4.23. The summed E-state index contributed by atoms with van der Waals surface area (Å²) in [7, 11) is 3.96. The van der Waals surface area contributed by atoms with Gasteiger partial charge in [-0.15, -0.1) is 0 Å². The Labute approximate surface area is 185 Å². The van der Waals surface area contributed by atoms with Crippen molar-refractivity contribution in [3.8, 4) is 0 Å². The Hall–Kier alpha value is -2.86. The second-order valence-corrected chi connectivity index (χ2v) is 8.33. The van der Waals surface area contributed by atoms with E-state index in [1.54, 1.807) is 0 Å². The van der Waals surface area contributed by atoms with E-state index in [0.717, 1.165) is 42.0 Å². The van der Waals surface area contributed by atoms with Gasteiger partial charge in [-0.05, 0) is 55.7 Å². The number of anilines is 2. The summed E-state index contributed by atoms with van der Waals surface area (Å²) in [5.74, 6) is -0.0393. The number of carbonyl (C=O) groups is 2. The fourth-order valence-electron chi connectivity index (χ4n) is 3.90. The largest absolute Gasteiger partial charge is 0.377 e. The summed E-state index contributed by atoms with van der Waals surface area (Å²) in [5, 5.41) is 2.93. The van der Waals surface area contributed by atoms with Crippen molar-refractivity contribution in [1.82, 2.24) is 4.90 Å². The number of amides is 2. The van der Waals surface area contributed by atoms with Gasteiger partial charge in [0, 0.05) is 57.2 Å². The van der Waals surface area contributed by atoms with E-state index in [1.165, 1.54) is 0 Å². The molecule has 3 rings (SSSR count). The van der Waals surface area contributed by atoms with Gasteiger partial charge in [-0.1, -0.05) is 24.6 Å². The van der Waals surface area contributed by atoms with Gasteiger partial charge in [-0.2, -0.15) is 0 Å². The topological polar surface area (TPSA) is 61.9 Å². The minimum Gasteiger partial charge on any atom is -0.377 e. The Morgan fingerprint density at radius 2 is 1.97 bits per heavy atom. The van der Waals surface area contributed by atoms with Gasteiger partial charge in [0.05, 0.1) is 6.10 Å². The number of carbonyl (C=O) groups excluding carboxylic acids is 2. The smallest absolute Gasteiger partial charge is 0.254 e. The molecule has 2 amide bonds. The first-order valence-electron chi connectivity index (χ1n) is 10.9. The normalized spacial score (nSPS) is 15.5. The van der Waals surface area contributed by atoms with Gasteiger partial charge in [-0.25, -0.2) is 0 Å². The Morgan fingerprint density at radius 3 is 2.61 bits per heavy atom. The molecule has 2 aromatic rings. The van der Waals surface area contributed by atoms with Crippen molar-refractivity contribution in [2.75, 3.05) is 37.5 Å². The van der Waals surface area contributed by atoms with Gasteiger partial charge in [0.2, 0.25) is 5.91 Å². The SMILES string of the molecule is CCC(=O)Nc1ccc(N(C)C)c(CN(CC2CCCO2)C(=O)c2cccc(C)c2)c1. The third-order valence-corrected chi connectivity index (χ3v) is 5.53. The summed E-state index contributed by atoms with van der Waals surface area (Å²) in [6, 6.07) is 13.6. The highest BCUT2D eigenvalue weighted by Gasteiger charge is 2.25. The number of hydrogen-bond donors (Lipinski definition) is 1. The third kappa shape index (κ3) is 6.07. The maximum Gasteiger partial charge on any atom is 0.254 e. The standard InChI is InChI=1S/C25H33N3O3/c1-5-24(29)26-21-11-12-23(27(3)4)20(15-21)16-28(17-22-10-7-13-31-22)25(30)19-9-6-8-18(2)14-19/h6,8-9,11-12,14-15,22H,5,7,10,13,16-17H2,1-4H3,(H,26,29). The molecule has 1 aliphatic heterocycles. The molecule has 31 heavy (non-hydrogen) atoms. The number of nitrogens with zero attached hydrogens (tertiary/aromatic N) is 2. The highest BCUT2D eigenvalue weighted by Crippen LogP contribution is 2.26. The van der Waals surface area contributed by atoms with Crippen LogP contribution in [0.4, 0.5) is 11.4 Å². The van der Waals surface area contributed by atoms with Gasteiger partial charge in [0.25, 0.3) is 5.91 Å². The van der Waals surface area contributed by atoms with Crippen LogP contribution in [0.2, 0.25) is 0 Å². The third-order valence-electron chi connectivity index (χ3n) is 5.53. The molecular weight excluding hydrogens is 390 g/mol.